The van der Waals surface area contributed by atoms with Crippen molar-refractivity contribution in [1.29, 1.82) is 0 Å². The molecule has 1 aliphatic heterocycles. The molecule has 2 aromatic rings. The summed E-state index contributed by atoms with van der Waals surface area (Å²) < 4.78 is 31.0. The van der Waals surface area contributed by atoms with Gasteiger partial charge >= 0.3 is 0 Å². The van der Waals surface area contributed by atoms with E-state index in [9.17, 15) is 8.42 Å². The highest BCUT2D eigenvalue weighted by atomic mass is 32.2. The van der Waals surface area contributed by atoms with E-state index in [1.165, 1.54) is 0 Å². The van der Waals surface area contributed by atoms with Gasteiger partial charge in [0.05, 0.1) is 5.69 Å². The SMILES string of the molecule is CC(C)(C)c1ccc2c(c1)S(=O)(=O)Cc1ncccc1O2. The standard InChI is InChI=1S/C16H17NO3S/c1-16(2,3)11-6-7-14-15(9-11)21(18,19)10-12-13(20-14)5-4-8-17-12/h4-9H,10H2,1-3H3. The van der Waals surface area contributed by atoms with Gasteiger partial charge in [0.1, 0.15) is 22.1 Å². The van der Waals surface area contributed by atoms with Crippen LogP contribution in [0, 0.1) is 0 Å². The smallest absolute Gasteiger partial charge is 0.187 e. The molecule has 0 radical (unpaired) electrons. The van der Waals surface area contributed by atoms with Crippen LogP contribution in [-0.2, 0) is 21.0 Å². The van der Waals surface area contributed by atoms with E-state index in [0.717, 1.165) is 5.56 Å². The second-order valence-electron chi connectivity index (χ2n) is 6.22. The lowest BCUT2D eigenvalue weighted by molar-refractivity contribution is 0.464. The number of fused-ring (bicyclic) bond motifs is 2. The molecule has 1 aliphatic rings. The summed E-state index contributed by atoms with van der Waals surface area (Å²) >= 11 is 0. The highest BCUT2D eigenvalue weighted by Gasteiger charge is 2.29. The fourth-order valence-electron chi connectivity index (χ4n) is 2.30. The van der Waals surface area contributed by atoms with Crippen LogP contribution in [0.5, 0.6) is 11.5 Å². The Balaban J connectivity index is 2.21. The topological polar surface area (TPSA) is 56.3 Å². The van der Waals surface area contributed by atoms with Crippen molar-refractivity contribution in [3.63, 3.8) is 0 Å². The van der Waals surface area contributed by atoms with Crippen LogP contribution in [0.15, 0.2) is 41.4 Å². The van der Waals surface area contributed by atoms with Gasteiger partial charge in [-0.2, -0.15) is 0 Å². The van der Waals surface area contributed by atoms with Gasteiger partial charge in [-0.3, -0.25) is 4.98 Å². The molecule has 0 saturated carbocycles. The van der Waals surface area contributed by atoms with E-state index < -0.39 is 9.84 Å². The molecule has 0 spiro atoms. The van der Waals surface area contributed by atoms with Gasteiger partial charge in [0.25, 0.3) is 0 Å². The Morgan fingerprint density at radius 2 is 1.90 bits per heavy atom. The lowest BCUT2D eigenvalue weighted by atomic mass is 9.87. The number of sulfone groups is 1. The molecule has 1 aromatic heterocycles. The van der Waals surface area contributed by atoms with E-state index in [1.807, 2.05) is 6.07 Å². The Hall–Kier alpha value is -1.88. The summed E-state index contributed by atoms with van der Waals surface area (Å²) in [7, 11) is -3.46. The van der Waals surface area contributed by atoms with Crippen molar-refractivity contribution < 1.29 is 13.2 Å². The van der Waals surface area contributed by atoms with E-state index in [0.29, 0.717) is 17.2 Å². The summed E-state index contributed by atoms with van der Waals surface area (Å²) in [4.78, 5) is 4.37. The highest BCUT2D eigenvalue weighted by molar-refractivity contribution is 7.90. The fraction of sp³-hybridized carbons (Fsp3) is 0.312. The molecule has 0 amide bonds. The third-order valence-corrected chi connectivity index (χ3v) is 5.18. The molecular weight excluding hydrogens is 286 g/mol. The first-order valence-corrected chi connectivity index (χ1v) is 8.42. The molecule has 0 atom stereocenters. The Kier molecular flexibility index (Phi) is 3.06. The van der Waals surface area contributed by atoms with Crippen LogP contribution in [0.4, 0.5) is 0 Å². The minimum atomic E-state index is -3.46. The minimum absolute atomic E-state index is 0.123. The van der Waals surface area contributed by atoms with Gasteiger partial charge in [0, 0.05) is 6.20 Å². The van der Waals surface area contributed by atoms with Gasteiger partial charge in [-0.15, -0.1) is 0 Å². The van der Waals surface area contributed by atoms with E-state index in [1.54, 1.807) is 30.5 Å². The van der Waals surface area contributed by atoms with Crippen molar-refractivity contribution in [2.75, 3.05) is 0 Å². The first kappa shape index (κ1) is 14.1. The predicted octanol–water partition coefficient (Wildman–Crippen LogP) is 3.46. The third-order valence-electron chi connectivity index (χ3n) is 3.54. The maximum absolute atomic E-state index is 12.6. The molecule has 0 aliphatic carbocycles. The number of hydrogen-bond donors (Lipinski definition) is 0. The molecule has 0 N–H and O–H groups in total. The average molecular weight is 303 g/mol. The molecule has 110 valence electrons. The van der Waals surface area contributed by atoms with Gasteiger partial charge in [-0.05, 0) is 35.2 Å². The molecule has 4 nitrogen and oxygen atoms in total. The van der Waals surface area contributed by atoms with Gasteiger partial charge in [0.15, 0.2) is 9.84 Å². The zero-order valence-electron chi connectivity index (χ0n) is 12.3. The summed E-state index contributed by atoms with van der Waals surface area (Å²) in [6, 6.07) is 8.84. The number of hydrogen-bond acceptors (Lipinski definition) is 4. The first-order chi connectivity index (χ1) is 9.77. The molecule has 0 unspecified atom stereocenters. The van der Waals surface area contributed by atoms with Gasteiger partial charge in [-0.25, -0.2) is 8.42 Å². The van der Waals surface area contributed by atoms with Crippen LogP contribution in [0.3, 0.4) is 0 Å². The number of nitrogens with zero attached hydrogens (tertiary/aromatic N) is 1. The van der Waals surface area contributed by atoms with E-state index in [2.05, 4.69) is 25.8 Å². The largest absolute Gasteiger partial charge is 0.454 e. The maximum atomic E-state index is 12.6. The fourth-order valence-corrected chi connectivity index (χ4v) is 3.76. The maximum Gasteiger partial charge on any atom is 0.187 e. The number of rotatable bonds is 0. The Morgan fingerprint density at radius 1 is 1.14 bits per heavy atom. The summed E-state index contributed by atoms with van der Waals surface area (Å²) in [6.45, 7) is 6.15. The molecule has 2 heterocycles. The number of ether oxygens (including phenoxy) is 1. The second kappa shape index (κ2) is 4.56. The summed E-state index contributed by atoms with van der Waals surface area (Å²) in [5.41, 5.74) is 1.29. The molecule has 0 bridgehead atoms. The van der Waals surface area contributed by atoms with Crippen molar-refractivity contribution in [2.24, 2.45) is 0 Å². The van der Waals surface area contributed by atoms with Gasteiger partial charge in [-0.1, -0.05) is 26.8 Å². The van der Waals surface area contributed by atoms with E-state index in [-0.39, 0.29) is 16.1 Å². The van der Waals surface area contributed by atoms with Crippen molar-refractivity contribution in [1.82, 2.24) is 4.98 Å². The van der Waals surface area contributed by atoms with E-state index >= 15 is 0 Å². The Bertz CT molecular complexity index is 805. The first-order valence-electron chi connectivity index (χ1n) is 6.76. The summed E-state index contributed by atoms with van der Waals surface area (Å²) in [5, 5.41) is 0. The zero-order chi connectivity index (χ0) is 15.3. The number of pyridine rings is 1. The minimum Gasteiger partial charge on any atom is -0.454 e. The lowest BCUT2D eigenvalue weighted by Crippen LogP contribution is -2.13. The molecule has 21 heavy (non-hydrogen) atoms. The monoisotopic (exact) mass is 303 g/mol. The van der Waals surface area contributed by atoms with Crippen LogP contribution in [0.2, 0.25) is 0 Å². The lowest BCUT2D eigenvalue weighted by Gasteiger charge is -2.20. The average Bonchev–Trinajstić information content (AvgIpc) is 2.50. The number of benzene rings is 1. The van der Waals surface area contributed by atoms with Crippen molar-refractivity contribution in [3.8, 4) is 11.5 Å². The van der Waals surface area contributed by atoms with Gasteiger partial charge in [0.2, 0.25) is 0 Å². The predicted molar refractivity (Wildman–Crippen MR) is 80.3 cm³/mol. The van der Waals surface area contributed by atoms with Crippen LogP contribution >= 0.6 is 0 Å². The molecule has 0 saturated heterocycles. The highest BCUT2D eigenvalue weighted by Crippen LogP contribution is 2.38. The van der Waals surface area contributed by atoms with E-state index in [4.69, 9.17) is 4.74 Å². The zero-order valence-corrected chi connectivity index (χ0v) is 13.1. The van der Waals surface area contributed by atoms with Crippen molar-refractivity contribution in [3.05, 3.63) is 47.8 Å². The Morgan fingerprint density at radius 3 is 2.62 bits per heavy atom. The molecule has 5 heteroatoms. The quantitative estimate of drug-likeness (QED) is 0.748. The van der Waals surface area contributed by atoms with Crippen LogP contribution in [-0.4, -0.2) is 13.4 Å². The van der Waals surface area contributed by atoms with Crippen LogP contribution < -0.4 is 4.74 Å². The van der Waals surface area contributed by atoms with Crippen LogP contribution in [0.25, 0.3) is 0 Å². The third kappa shape index (κ3) is 2.53. The van der Waals surface area contributed by atoms with Crippen molar-refractivity contribution >= 4 is 9.84 Å². The van der Waals surface area contributed by atoms with Crippen LogP contribution in [0.1, 0.15) is 32.0 Å². The Labute approximate surface area is 124 Å². The molecule has 3 rings (SSSR count). The van der Waals surface area contributed by atoms with Gasteiger partial charge < -0.3 is 4.74 Å². The normalized spacial score (nSPS) is 16.3. The summed E-state index contributed by atoms with van der Waals surface area (Å²) in [6.07, 6.45) is 1.58. The summed E-state index contributed by atoms with van der Waals surface area (Å²) in [5.74, 6) is 0.738. The molecule has 0 fully saturated rings. The molecular formula is C16H17NO3S. The number of aromatic nitrogens is 1. The van der Waals surface area contributed by atoms with Crippen molar-refractivity contribution in [2.45, 2.75) is 36.8 Å². The second-order valence-corrected chi connectivity index (χ2v) is 8.18. The molecule has 1 aromatic carbocycles.